The van der Waals surface area contributed by atoms with Crippen LogP contribution in [0.3, 0.4) is 0 Å². The lowest BCUT2D eigenvalue weighted by molar-refractivity contribution is -0.277. The lowest BCUT2D eigenvalue weighted by atomic mass is 9.87. The van der Waals surface area contributed by atoms with E-state index in [2.05, 4.69) is 75.4 Å². The monoisotopic (exact) mass is 402 g/mol. The zero-order valence-corrected chi connectivity index (χ0v) is 17.5. The van der Waals surface area contributed by atoms with Crippen LogP contribution >= 0.6 is 0 Å². The third kappa shape index (κ3) is 3.57. The zero-order chi connectivity index (χ0) is 20.7. The van der Waals surface area contributed by atoms with Crippen LogP contribution in [0.1, 0.15) is 53.2 Å². The van der Waals surface area contributed by atoms with Crippen LogP contribution in [0.25, 0.3) is 0 Å². The van der Waals surface area contributed by atoms with Gasteiger partial charge in [-0.15, -0.1) is 0 Å². The minimum absolute atomic E-state index is 0.0823. The van der Waals surface area contributed by atoms with Gasteiger partial charge in [-0.3, -0.25) is 0 Å². The second kappa shape index (κ2) is 7.78. The van der Waals surface area contributed by atoms with Crippen molar-refractivity contribution >= 4 is 0 Å². The summed E-state index contributed by atoms with van der Waals surface area (Å²) < 4.78 is 24.1. The van der Waals surface area contributed by atoms with Crippen molar-refractivity contribution < 1.29 is 18.9 Å². The standard InChI is InChI=1S/C26H26O4/c1-16-4-8-19(9-5-16)24-18(3)25(21-12-13-22-23(14-21)28-15-27-22)30-26(29-24)20-10-6-17(2)7-11-20/h4-14,18,24-26H,15H2,1-3H3/t18-,24+,25-,26-/m1/s1. The smallest absolute Gasteiger partial charge is 0.231 e. The lowest BCUT2D eigenvalue weighted by Crippen LogP contribution is -2.32. The average Bonchev–Trinajstić information content (AvgIpc) is 3.23. The first-order valence-electron chi connectivity index (χ1n) is 10.4. The van der Waals surface area contributed by atoms with Gasteiger partial charge in [0.1, 0.15) is 0 Å². The molecule has 0 radical (unpaired) electrons. The Morgan fingerprint density at radius 2 is 1.17 bits per heavy atom. The van der Waals surface area contributed by atoms with Gasteiger partial charge in [-0.25, -0.2) is 0 Å². The predicted molar refractivity (Wildman–Crippen MR) is 114 cm³/mol. The molecular weight excluding hydrogens is 376 g/mol. The molecule has 5 rings (SSSR count). The quantitative estimate of drug-likeness (QED) is 0.523. The Bertz CT molecular complexity index is 1030. The van der Waals surface area contributed by atoms with Crippen molar-refractivity contribution in [3.63, 3.8) is 0 Å². The van der Waals surface area contributed by atoms with Crippen molar-refractivity contribution in [2.24, 2.45) is 5.92 Å². The molecule has 1 saturated heterocycles. The van der Waals surface area contributed by atoms with E-state index in [4.69, 9.17) is 18.9 Å². The maximum Gasteiger partial charge on any atom is 0.231 e. The Kier molecular flexibility index (Phi) is 4.97. The van der Waals surface area contributed by atoms with Gasteiger partial charge in [-0.2, -0.15) is 0 Å². The normalized spacial score (nSPS) is 25.3. The van der Waals surface area contributed by atoms with Crippen molar-refractivity contribution in [1.82, 2.24) is 0 Å². The highest BCUT2D eigenvalue weighted by atomic mass is 16.7. The van der Waals surface area contributed by atoms with E-state index in [0.29, 0.717) is 0 Å². The SMILES string of the molecule is Cc1ccc([C@@H]2O[C@H](c3ccc(C)cc3)[C@@H](C)[C@H](c3ccc4c(c3)OCO4)O2)cc1. The van der Waals surface area contributed by atoms with E-state index in [1.165, 1.54) is 16.7 Å². The molecule has 3 aromatic rings. The molecule has 0 bridgehead atoms. The number of ether oxygens (including phenoxy) is 4. The van der Waals surface area contributed by atoms with E-state index in [9.17, 15) is 0 Å². The maximum atomic E-state index is 6.53. The van der Waals surface area contributed by atoms with E-state index in [1.54, 1.807) is 0 Å². The molecule has 4 heteroatoms. The van der Waals surface area contributed by atoms with E-state index >= 15 is 0 Å². The van der Waals surface area contributed by atoms with Crippen LogP contribution in [0.5, 0.6) is 11.5 Å². The van der Waals surface area contributed by atoms with Crippen LogP contribution in [-0.4, -0.2) is 6.79 Å². The topological polar surface area (TPSA) is 36.9 Å². The van der Waals surface area contributed by atoms with Gasteiger partial charge in [0.05, 0.1) is 12.2 Å². The number of hydrogen-bond acceptors (Lipinski definition) is 4. The first-order chi connectivity index (χ1) is 14.6. The summed E-state index contributed by atoms with van der Waals surface area (Å²) in [6.07, 6.45) is -0.657. The first kappa shape index (κ1) is 19.2. The Morgan fingerprint density at radius 3 is 1.83 bits per heavy atom. The third-order valence-electron chi connectivity index (χ3n) is 5.98. The van der Waals surface area contributed by atoms with Gasteiger partial charge in [0.15, 0.2) is 17.8 Å². The van der Waals surface area contributed by atoms with E-state index in [1.807, 2.05) is 12.1 Å². The second-order valence-corrected chi connectivity index (χ2v) is 8.24. The van der Waals surface area contributed by atoms with E-state index in [0.717, 1.165) is 22.6 Å². The highest BCUT2D eigenvalue weighted by Crippen LogP contribution is 2.49. The number of fused-ring (bicyclic) bond motifs is 1. The molecule has 3 aromatic carbocycles. The van der Waals surface area contributed by atoms with E-state index < -0.39 is 6.29 Å². The van der Waals surface area contributed by atoms with Gasteiger partial charge in [-0.1, -0.05) is 72.6 Å². The average molecular weight is 402 g/mol. The molecule has 0 spiro atoms. The molecule has 30 heavy (non-hydrogen) atoms. The molecule has 4 atom stereocenters. The molecular formula is C26H26O4. The molecule has 0 N–H and O–H groups in total. The summed E-state index contributed by atoms with van der Waals surface area (Å²) in [5.74, 6) is 1.67. The van der Waals surface area contributed by atoms with Crippen LogP contribution in [0.15, 0.2) is 66.7 Å². The minimum Gasteiger partial charge on any atom is -0.454 e. The maximum absolute atomic E-state index is 6.53. The van der Waals surface area contributed by atoms with E-state index in [-0.39, 0.29) is 24.9 Å². The number of hydrogen-bond donors (Lipinski definition) is 0. The van der Waals surface area contributed by atoms with Crippen LogP contribution in [0.4, 0.5) is 0 Å². The summed E-state index contributed by atoms with van der Waals surface area (Å²) in [6, 6.07) is 23.0. The second-order valence-electron chi connectivity index (χ2n) is 8.24. The zero-order valence-electron chi connectivity index (χ0n) is 17.5. The predicted octanol–water partition coefficient (Wildman–Crippen LogP) is 6.20. The fourth-order valence-electron chi connectivity index (χ4n) is 4.20. The van der Waals surface area contributed by atoms with Crippen LogP contribution in [-0.2, 0) is 9.47 Å². The lowest BCUT2D eigenvalue weighted by Gasteiger charge is -2.41. The molecule has 0 aliphatic carbocycles. The summed E-state index contributed by atoms with van der Waals surface area (Å²) in [5, 5.41) is 0. The molecule has 0 aromatic heterocycles. The van der Waals surface area contributed by atoms with Gasteiger partial charge in [0, 0.05) is 11.5 Å². The first-order valence-corrected chi connectivity index (χ1v) is 10.4. The largest absolute Gasteiger partial charge is 0.454 e. The van der Waals surface area contributed by atoms with Gasteiger partial charge < -0.3 is 18.9 Å². The number of aryl methyl sites for hydroxylation is 2. The molecule has 0 unspecified atom stereocenters. The van der Waals surface area contributed by atoms with Crippen molar-refractivity contribution in [2.75, 3.05) is 6.79 Å². The minimum atomic E-state index is -0.441. The van der Waals surface area contributed by atoms with Crippen LogP contribution < -0.4 is 9.47 Å². The number of benzene rings is 3. The summed E-state index contributed by atoms with van der Waals surface area (Å²) >= 11 is 0. The molecule has 4 nitrogen and oxygen atoms in total. The highest BCUT2D eigenvalue weighted by Gasteiger charge is 2.39. The molecule has 0 amide bonds. The van der Waals surface area contributed by atoms with Gasteiger partial charge >= 0.3 is 0 Å². The van der Waals surface area contributed by atoms with Crippen LogP contribution in [0, 0.1) is 19.8 Å². The summed E-state index contributed by atoms with van der Waals surface area (Å²) in [7, 11) is 0. The Hall–Kier alpha value is -2.82. The van der Waals surface area contributed by atoms with Crippen molar-refractivity contribution in [3.8, 4) is 11.5 Å². The van der Waals surface area contributed by atoms with Crippen molar-refractivity contribution in [2.45, 2.75) is 39.3 Å². The van der Waals surface area contributed by atoms with Gasteiger partial charge in [0.25, 0.3) is 0 Å². The highest BCUT2D eigenvalue weighted by molar-refractivity contribution is 5.45. The molecule has 2 heterocycles. The Morgan fingerprint density at radius 1 is 0.633 bits per heavy atom. The van der Waals surface area contributed by atoms with Crippen molar-refractivity contribution in [3.05, 3.63) is 94.5 Å². The summed E-state index contributed by atoms with van der Waals surface area (Å²) in [4.78, 5) is 0. The molecule has 154 valence electrons. The van der Waals surface area contributed by atoms with Gasteiger partial charge in [-0.05, 0) is 37.1 Å². The van der Waals surface area contributed by atoms with Crippen molar-refractivity contribution in [1.29, 1.82) is 0 Å². The Balaban J connectivity index is 1.52. The fraction of sp³-hybridized carbons (Fsp3) is 0.308. The van der Waals surface area contributed by atoms with Gasteiger partial charge in [0.2, 0.25) is 6.79 Å². The molecule has 2 aliphatic rings. The number of rotatable bonds is 3. The fourth-order valence-corrected chi connectivity index (χ4v) is 4.20. The summed E-state index contributed by atoms with van der Waals surface area (Å²) in [6.45, 7) is 6.63. The Labute approximate surface area is 177 Å². The third-order valence-corrected chi connectivity index (χ3v) is 5.98. The summed E-state index contributed by atoms with van der Waals surface area (Å²) in [5.41, 5.74) is 5.71. The molecule has 1 fully saturated rings. The molecule has 2 aliphatic heterocycles. The van der Waals surface area contributed by atoms with Crippen LogP contribution in [0.2, 0.25) is 0 Å². The molecule has 0 saturated carbocycles.